The smallest absolute Gasteiger partial charge is 0.328 e. The summed E-state index contributed by atoms with van der Waals surface area (Å²) in [6.07, 6.45) is 0.0838. The van der Waals surface area contributed by atoms with Crippen LogP contribution in [0.15, 0.2) is 48.5 Å². The number of esters is 1. The summed E-state index contributed by atoms with van der Waals surface area (Å²) in [5.74, 6) is -0.710. The Morgan fingerprint density at radius 1 is 1.12 bits per heavy atom. The van der Waals surface area contributed by atoms with Gasteiger partial charge in [-0.15, -0.1) is 0 Å². The van der Waals surface area contributed by atoms with Crippen molar-refractivity contribution in [1.82, 2.24) is 5.32 Å². The van der Waals surface area contributed by atoms with Crippen molar-refractivity contribution < 1.29 is 24.2 Å². The number of nitrogens with one attached hydrogen (secondary N) is 1. The fraction of sp³-hybridized carbons (Fsp3) is 0.263. The maximum absolute atomic E-state index is 12.4. The number of carbonyl (C=O) groups excluding carboxylic acids is 2. The van der Waals surface area contributed by atoms with Crippen molar-refractivity contribution >= 4 is 11.9 Å². The van der Waals surface area contributed by atoms with Crippen molar-refractivity contribution in [1.29, 1.82) is 0 Å². The number of para-hydroxylation sites is 1. The van der Waals surface area contributed by atoms with Crippen LogP contribution in [-0.2, 0) is 16.0 Å². The molecular formula is C19H21NO5. The van der Waals surface area contributed by atoms with E-state index >= 15 is 0 Å². The Morgan fingerprint density at radius 3 is 2.48 bits per heavy atom. The van der Waals surface area contributed by atoms with Gasteiger partial charge in [0.2, 0.25) is 0 Å². The molecule has 132 valence electrons. The number of benzene rings is 2. The van der Waals surface area contributed by atoms with Crippen LogP contribution in [0.5, 0.6) is 11.5 Å². The lowest BCUT2D eigenvalue weighted by molar-refractivity contribution is -0.145. The minimum atomic E-state index is -0.925. The average molecular weight is 343 g/mol. The Morgan fingerprint density at radius 2 is 1.84 bits per heavy atom. The van der Waals surface area contributed by atoms with E-state index in [4.69, 9.17) is 9.47 Å². The highest BCUT2D eigenvalue weighted by Gasteiger charge is 2.25. The SMILES string of the molecule is CCOC(=O)C(Cc1cccc(OC)c1O)NC(=O)c1ccccc1. The van der Waals surface area contributed by atoms with Crippen LogP contribution in [0.1, 0.15) is 22.8 Å². The lowest BCUT2D eigenvalue weighted by Crippen LogP contribution is -2.43. The molecule has 1 atom stereocenters. The molecule has 0 aromatic heterocycles. The van der Waals surface area contributed by atoms with Crippen LogP contribution in [0.25, 0.3) is 0 Å². The topological polar surface area (TPSA) is 84.9 Å². The van der Waals surface area contributed by atoms with E-state index in [2.05, 4.69) is 5.32 Å². The van der Waals surface area contributed by atoms with Gasteiger partial charge in [-0.2, -0.15) is 0 Å². The van der Waals surface area contributed by atoms with Crippen LogP contribution < -0.4 is 10.1 Å². The highest BCUT2D eigenvalue weighted by atomic mass is 16.5. The number of rotatable bonds is 7. The molecule has 6 heteroatoms. The fourth-order valence-electron chi connectivity index (χ4n) is 2.38. The standard InChI is InChI=1S/C19H21NO5/c1-3-25-19(23)15(20-18(22)13-8-5-4-6-9-13)12-14-10-7-11-16(24-2)17(14)21/h4-11,15,21H,3,12H2,1-2H3,(H,20,22). The van der Waals surface area contributed by atoms with Crippen LogP contribution >= 0.6 is 0 Å². The van der Waals surface area contributed by atoms with E-state index < -0.39 is 12.0 Å². The van der Waals surface area contributed by atoms with Crippen LogP contribution in [0, 0.1) is 0 Å². The lowest BCUT2D eigenvalue weighted by atomic mass is 10.0. The van der Waals surface area contributed by atoms with E-state index in [-0.39, 0.29) is 24.7 Å². The fourth-order valence-corrected chi connectivity index (χ4v) is 2.38. The van der Waals surface area contributed by atoms with Crippen LogP contribution in [0.2, 0.25) is 0 Å². The van der Waals surface area contributed by atoms with Crippen LogP contribution in [0.4, 0.5) is 0 Å². The third-order valence-corrected chi connectivity index (χ3v) is 3.64. The van der Waals surface area contributed by atoms with Gasteiger partial charge in [0.1, 0.15) is 6.04 Å². The first kappa shape index (κ1) is 18.3. The molecule has 0 aliphatic carbocycles. The molecule has 2 aromatic carbocycles. The molecule has 0 aliphatic heterocycles. The summed E-state index contributed by atoms with van der Waals surface area (Å²) < 4.78 is 10.1. The summed E-state index contributed by atoms with van der Waals surface area (Å²) in [6.45, 7) is 1.89. The van der Waals surface area contributed by atoms with Gasteiger partial charge in [0.25, 0.3) is 5.91 Å². The van der Waals surface area contributed by atoms with E-state index in [0.29, 0.717) is 16.9 Å². The van der Waals surface area contributed by atoms with Gasteiger partial charge in [-0.3, -0.25) is 4.79 Å². The van der Waals surface area contributed by atoms with Gasteiger partial charge >= 0.3 is 5.97 Å². The monoisotopic (exact) mass is 343 g/mol. The molecule has 0 fully saturated rings. The van der Waals surface area contributed by atoms with E-state index in [9.17, 15) is 14.7 Å². The van der Waals surface area contributed by atoms with Crippen molar-refractivity contribution in [3.63, 3.8) is 0 Å². The first-order valence-electron chi connectivity index (χ1n) is 7.94. The number of amides is 1. The van der Waals surface area contributed by atoms with Crippen LogP contribution in [0.3, 0.4) is 0 Å². The molecule has 0 heterocycles. The molecule has 0 bridgehead atoms. The Labute approximate surface area is 146 Å². The van der Waals surface area contributed by atoms with Crippen molar-refractivity contribution in [2.45, 2.75) is 19.4 Å². The highest BCUT2D eigenvalue weighted by molar-refractivity contribution is 5.96. The quantitative estimate of drug-likeness (QED) is 0.754. The highest BCUT2D eigenvalue weighted by Crippen LogP contribution is 2.30. The van der Waals surface area contributed by atoms with Gasteiger partial charge in [0.15, 0.2) is 11.5 Å². The van der Waals surface area contributed by atoms with Gasteiger partial charge in [-0.25, -0.2) is 4.79 Å². The summed E-state index contributed by atoms with van der Waals surface area (Å²) >= 11 is 0. The average Bonchev–Trinajstić information content (AvgIpc) is 2.63. The number of phenols is 1. The summed E-state index contributed by atoms with van der Waals surface area (Å²) in [4.78, 5) is 24.6. The molecular weight excluding hydrogens is 322 g/mol. The van der Waals surface area contributed by atoms with Crippen molar-refractivity contribution in [2.24, 2.45) is 0 Å². The molecule has 0 saturated heterocycles. The molecule has 25 heavy (non-hydrogen) atoms. The Bertz CT molecular complexity index is 730. The Kier molecular flexibility index (Phi) is 6.39. The van der Waals surface area contributed by atoms with Crippen molar-refractivity contribution in [2.75, 3.05) is 13.7 Å². The largest absolute Gasteiger partial charge is 0.504 e. The number of hydrogen-bond donors (Lipinski definition) is 2. The number of aromatic hydroxyl groups is 1. The molecule has 6 nitrogen and oxygen atoms in total. The summed E-state index contributed by atoms with van der Waals surface area (Å²) in [6, 6.07) is 12.6. The minimum absolute atomic E-state index is 0.0618. The molecule has 2 N–H and O–H groups in total. The van der Waals surface area contributed by atoms with E-state index in [1.54, 1.807) is 55.5 Å². The normalized spacial score (nSPS) is 11.4. The maximum atomic E-state index is 12.4. The number of hydrogen-bond acceptors (Lipinski definition) is 5. The summed E-state index contributed by atoms with van der Waals surface area (Å²) in [7, 11) is 1.44. The number of ether oxygens (including phenoxy) is 2. The first-order chi connectivity index (χ1) is 12.1. The van der Waals surface area contributed by atoms with Crippen molar-refractivity contribution in [3.05, 3.63) is 59.7 Å². The Hall–Kier alpha value is -3.02. The zero-order chi connectivity index (χ0) is 18.2. The zero-order valence-corrected chi connectivity index (χ0v) is 14.2. The number of methoxy groups -OCH3 is 1. The minimum Gasteiger partial charge on any atom is -0.504 e. The second-order valence-electron chi connectivity index (χ2n) is 5.32. The third kappa shape index (κ3) is 4.73. The molecule has 1 amide bonds. The first-order valence-corrected chi connectivity index (χ1v) is 7.94. The molecule has 0 radical (unpaired) electrons. The molecule has 0 saturated carbocycles. The van der Waals surface area contributed by atoms with E-state index in [1.165, 1.54) is 7.11 Å². The molecule has 2 rings (SSSR count). The van der Waals surface area contributed by atoms with Crippen molar-refractivity contribution in [3.8, 4) is 11.5 Å². The van der Waals surface area contributed by atoms with Gasteiger partial charge in [0, 0.05) is 17.5 Å². The number of phenolic OH excluding ortho intramolecular Hbond substituents is 1. The van der Waals surface area contributed by atoms with Crippen LogP contribution in [-0.4, -0.2) is 36.7 Å². The summed E-state index contributed by atoms with van der Waals surface area (Å²) in [5.41, 5.74) is 0.914. The van der Waals surface area contributed by atoms with Gasteiger partial charge in [0.05, 0.1) is 13.7 Å². The van der Waals surface area contributed by atoms with Gasteiger partial charge in [-0.05, 0) is 25.1 Å². The van der Waals surface area contributed by atoms with Gasteiger partial charge in [-0.1, -0.05) is 30.3 Å². The molecule has 0 aliphatic rings. The lowest BCUT2D eigenvalue weighted by Gasteiger charge is -2.18. The molecule has 1 unspecified atom stereocenters. The predicted molar refractivity (Wildman–Crippen MR) is 92.7 cm³/mol. The Balaban J connectivity index is 2.22. The van der Waals surface area contributed by atoms with E-state index in [0.717, 1.165) is 0 Å². The number of carbonyl (C=O) groups is 2. The summed E-state index contributed by atoms with van der Waals surface area (Å²) in [5, 5.41) is 12.9. The second kappa shape index (κ2) is 8.73. The second-order valence-corrected chi connectivity index (χ2v) is 5.32. The maximum Gasteiger partial charge on any atom is 0.328 e. The van der Waals surface area contributed by atoms with Gasteiger partial charge < -0.3 is 19.9 Å². The van der Waals surface area contributed by atoms with E-state index in [1.807, 2.05) is 0 Å². The zero-order valence-electron chi connectivity index (χ0n) is 14.2. The predicted octanol–water partition coefficient (Wildman–Crippen LogP) is 2.31. The third-order valence-electron chi connectivity index (χ3n) is 3.64. The molecule has 0 spiro atoms. The molecule has 2 aromatic rings.